The maximum atomic E-state index is 14.7. The van der Waals surface area contributed by atoms with Gasteiger partial charge in [0.25, 0.3) is 0 Å². The van der Waals surface area contributed by atoms with Crippen LogP contribution in [0.2, 0.25) is 0 Å². The third-order valence-electron chi connectivity index (χ3n) is 4.05. The average Bonchev–Trinajstić information content (AvgIpc) is 2.61. The SMILES string of the molecule is CC(C)(C)NC(O)c1ccccc1-c1ccc(-c2cnc(N)cn2)c(F)c1. The Morgan fingerprint density at radius 1 is 1.04 bits per heavy atom. The molecule has 0 aliphatic carbocycles. The highest BCUT2D eigenvalue weighted by molar-refractivity contribution is 5.72. The van der Waals surface area contributed by atoms with E-state index in [1.165, 1.54) is 18.5 Å². The zero-order valence-electron chi connectivity index (χ0n) is 15.6. The largest absolute Gasteiger partial charge is 0.382 e. The lowest BCUT2D eigenvalue weighted by molar-refractivity contribution is 0.107. The number of nitrogens with zero attached hydrogens (tertiary/aromatic N) is 2. The number of anilines is 1. The molecule has 27 heavy (non-hydrogen) atoms. The van der Waals surface area contributed by atoms with E-state index < -0.39 is 12.0 Å². The van der Waals surface area contributed by atoms with Crippen molar-refractivity contribution < 1.29 is 9.50 Å². The van der Waals surface area contributed by atoms with Crippen molar-refractivity contribution in [3.63, 3.8) is 0 Å². The number of nitrogen functional groups attached to an aromatic ring is 1. The molecule has 0 saturated heterocycles. The molecule has 0 spiro atoms. The Bertz CT molecular complexity index is 936. The van der Waals surface area contributed by atoms with E-state index in [0.717, 1.165) is 5.56 Å². The summed E-state index contributed by atoms with van der Waals surface area (Å²) < 4.78 is 14.7. The molecular weight excluding hydrogens is 343 g/mol. The van der Waals surface area contributed by atoms with Crippen molar-refractivity contribution in [2.75, 3.05) is 5.73 Å². The number of hydrogen-bond acceptors (Lipinski definition) is 5. The Labute approximate surface area is 158 Å². The second-order valence-electron chi connectivity index (χ2n) is 7.41. The predicted octanol–water partition coefficient (Wildman–Crippen LogP) is 3.91. The summed E-state index contributed by atoms with van der Waals surface area (Å²) in [5, 5.41) is 13.7. The summed E-state index contributed by atoms with van der Waals surface area (Å²) in [7, 11) is 0. The third-order valence-corrected chi connectivity index (χ3v) is 4.05. The number of rotatable bonds is 4. The molecule has 0 aliphatic heterocycles. The number of nitrogens with one attached hydrogen (secondary N) is 1. The van der Waals surface area contributed by atoms with Gasteiger partial charge in [-0.2, -0.15) is 0 Å². The van der Waals surface area contributed by atoms with E-state index in [9.17, 15) is 9.50 Å². The number of aliphatic hydroxyl groups is 1. The summed E-state index contributed by atoms with van der Waals surface area (Å²) in [5.41, 5.74) is 8.14. The molecule has 1 atom stereocenters. The minimum absolute atomic E-state index is 0.268. The maximum absolute atomic E-state index is 14.7. The molecule has 3 rings (SSSR count). The lowest BCUT2D eigenvalue weighted by Gasteiger charge is -2.26. The maximum Gasteiger partial charge on any atom is 0.141 e. The predicted molar refractivity (Wildman–Crippen MR) is 105 cm³/mol. The molecule has 3 aromatic rings. The van der Waals surface area contributed by atoms with Crippen molar-refractivity contribution in [1.29, 1.82) is 0 Å². The summed E-state index contributed by atoms with van der Waals surface area (Å²) in [6, 6.07) is 12.3. The Morgan fingerprint density at radius 2 is 1.78 bits per heavy atom. The van der Waals surface area contributed by atoms with Crippen LogP contribution in [0.4, 0.5) is 10.2 Å². The first kappa shape index (κ1) is 18.9. The zero-order valence-corrected chi connectivity index (χ0v) is 15.6. The van der Waals surface area contributed by atoms with Crippen LogP contribution in [0.3, 0.4) is 0 Å². The van der Waals surface area contributed by atoms with Gasteiger partial charge in [-0.3, -0.25) is 10.3 Å². The first-order valence-corrected chi connectivity index (χ1v) is 8.67. The van der Waals surface area contributed by atoms with Gasteiger partial charge >= 0.3 is 0 Å². The minimum Gasteiger partial charge on any atom is -0.382 e. The van der Waals surface area contributed by atoms with Crippen LogP contribution in [0.25, 0.3) is 22.4 Å². The fourth-order valence-corrected chi connectivity index (χ4v) is 2.85. The van der Waals surface area contributed by atoms with Gasteiger partial charge in [-0.1, -0.05) is 30.3 Å². The van der Waals surface area contributed by atoms with Crippen molar-refractivity contribution in [3.05, 3.63) is 66.2 Å². The molecule has 5 nitrogen and oxygen atoms in total. The van der Waals surface area contributed by atoms with Crippen LogP contribution in [0.15, 0.2) is 54.9 Å². The van der Waals surface area contributed by atoms with Gasteiger partial charge < -0.3 is 10.8 Å². The topological polar surface area (TPSA) is 84.1 Å². The normalized spacial score (nSPS) is 12.8. The molecule has 4 N–H and O–H groups in total. The second-order valence-corrected chi connectivity index (χ2v) is 7.41. The van der Waals surface area contributed by atoms with Gasteiger partial charge in [0.15, 0.2) is 0 Å². The summed E-state index contributed by atoms with van der Waals surface area (Å²) in [5.74, 6) is -0.135. The standard InChI is InChI=1S/C21H23FN4O/c1-21(2,3)26-20(27)15-7-5-4-6-14(15)13-8-9-16(17(22)10-13)18-11-25-19(23)12-24-18/h4-12,20,26-27H,1-3H3,(H2,23,25). The highest BCUT2D eigenvalue weighted by atomic mass is 19.1. The van der Waals surface area contributed by atoms with Gasteiger partial charge in [0, 0.05) is 16.7 Å². The Balaban J connectivity index is 1.98. The quantitative estimate of drug-likeness (QED) is 0.610. The van der Waals surface area contributed by atoms with Crippen LogP contribution in [-0.4, -0.2) is 20.6 Å². The zero-order chi connectivity index (χ0) is 19.6. The second kappa shape index (κ2) is 7.42. The Morgan fingerprint density at radius 3 is 2.41 bits per heavy atom. The number of hydrogen-bond donors (Lipinski definition) is 3. The molecule has 1 aromatic heterocycles. The van der Waals surface area contributed by atoms with Gasteiger partial charge in [-0.15, -0.1) is 0 Å². The molecule has 0 fully saturated rings. The molecule has 0 bridgehead atoms. The monoisotopic (exact) mass is 366 g/mol. The smallest absolute Gasteiger partial charge is 0.141 e. The van der Waals surface area contributed by atoms with Crippen LogP contribution >= 0.6 is 0 Å². The highest BCUT2D eigenvalue weighted by Gasteiger charge is 2.20. The fourth-order valence-electron chi connectivity index (χ4n) is 2.85. The lowest BCUT2D eigenvalue weighted by atomic mass is 9.96. The van der Waals surface area contributed by atoms with Gasteiger partial charge in [-0.25, -0.2) is 9.37 Å². The molecule has 1 heterocycles. The van der Waals surface area contributed by atoms with Gasteiger partial charge in [0.1, 0.15) is 17.9 Å². The molecule has 140 valence electrons. The van der Waals surface area contributed by atoms with E-state index >= 15 is 0 Å². The molecule has 0 saturated carbocycles. The molecule has 0 amide bonds. The van der Waals surface area contributed by atoms with Crippen LogP contribution in [-0.2, 0) is 0 Å². The third kappa shape index (κ3) is 4.48. The highest BCUT2D eigenvalue weighted by Crippen LogP contribution is 2.31. The van der Waals surface area contributed by atoms with E-state index in [4.69, 9.17) is 5.73 Å². The van der Waals surface area contributed by atoms with E-state index in [1.807, 2.05) is 45.0 Å². The Kier molecular flexibility index (Phi) is 5.21. The molecule has 1 unspecified atom stereocenters. The van der Waals surface area contributed by atoms with E-state index in [2.05, 4.69) is 15.3 Å². The van der Waals surface area contributed by atoms with Crippen LogP contribution in [0.1, 0.15) is 32.6 Å². The van der Waals surface area contributed by atoms with Gasteiger partial charge in [0.2, 0.25) is 0 Å². The van der Waals surface area contributed by atoms with Crippen molar-refractivity contribution in [3.8, 4) is 22.4 Å². The molecule has 0 aliphatic rings. The first-order chi connectivity index (χ1) is 12.7. The summed E-state index contributed by atoms with van der Waals surface area (Å²) in [6.07, 6.45) is 1.97. The summed E-state index contributed by atoms with van der Waals surface area (Å²) in [4.78, 5) is 8.08. The Hall–Kier alpha value is -2.83. The molecule has 0 radical (unpaired) electrons. The van der Waals surface area contributed by atoms with Crippen LogP contribution < -0.4 is 11.1 Å². The minimum atomic E-state index is -0.869. The van der Waals surface area contributed by atoms with Crippen molar-refractivity contribution in [1.82, 2.24) is 15.3 Å². The van der Waals surface area contributed by atoms with Crippen molar-refractivity contribution in [2.45, 2.75) is 32.5 Å². The molecule has 2 aromatic carbocycles. The van der Waals surface area contributed by atoms with Gasteiger partial charge in [-0.05, 0) is 44.0 Å². The van der Waals surface area contributed by atoms with E-state index in [-0.39, 0.29) is 11.4 Å². The molecule has 6 heteroatoms. The summed E-state index contributed by atoms with van der Waals surface area (Å²) >= 11 is 0. The van der Waals surface area contributed by atoms with E-state index in [0.29, 0.717) is 22.4 Å². The average molecular weight is 366 g/mol. The number of halogens is 1. The van der Waals surface area contributed by atoms with Crippen LogP contribution in [0, 0.1) is 5.82 Å². The first-order valence-electron chi connectivity index (χ1n) is 8.67. The fraction of sp³-hybridized carbons (Fsp3) is 0.238. The lowest BCUT2D eigenvalue weighted by Crippen LogP contribution is -2.38. The van der Waals surface area contributed by atoms with Crippen LogP contribution in [0.5, 0.6) is 0 Å². The summed E-state index contributed by atoms with van der Waals surface area (Å²) in [6.45, 7) is 5.92. The number of benzene rings is 2. The number of aliphatic hydroxyl groups excluding tert-OH is 1. The van der Waals surface area contributed by atoms with Gasteiger partial charge in [0.05, 0.1) is 18.1 Å². The van der Waals surface area contributed by atoms with Crippen molar-refractivity contribution in [2.24, 2.45) is 0 Å². The van der Waals surface area contributed by atoms with E-state index in [1.54, 1.807) is 12.1 Å². The number of nitrogens with two attached hydrogens (primary N) is 1. The molecular formula is C21H23FN4O. The van der Waals surface area contributed by atoms with Crippen molar-refractivity contribution >= 4 is 5.82 Å². The number of aromatic nitrogens is 2.